The third-order valence-corrected chi connectivity index (χ3v) is 6.35. The molecule has 206 valence electrons. The van der Waals surface area contributed by atoms with Crippen molar-refractivity contribution in [2.45, 2.75) is 46.6 Å². The normalized spacial score (nSPS) is 11.1. The second-order valence-corrected chi connectivity index (χ2v) is 10.9. The van der Waals surface area contributed by atoms with Gasteiger partial charge in [-0.05, 0) is 87.6 Å². The van der Waals surface area contributed by atoms with E-state index in [1.165, 1.54) is 0 Å². The Hall–Kier alpha value is -5.16. The molecule has 8 nitrogen and oxygen atoms in total. The molecule has 0 aliphatic carbocycles. The van der Waals surface area contributed by atoms with Crippen LogP contribution in [-0.4, -0.2) is 36.4 Å². The summed E-state index contributed by atoms with van der Waals surface area (Å²) < 4.78 is 9.10. The van der Waals surface area contributed by atoms with Crippen LogP contribution in [0.4, 0.5) is 10.5 Å². The van der Waals surface area contributed by atoms with Crippen LogP contribution in [0.2, 0.25) is 0 Å². The quantitative estimate of drug-likeness (QED) is 0.207. The van der Waals surface area contributed by atoms with Gasteiger partial charge in [-0.1, -0.05) is 24.1 Å². The molecular formula is C33H31N5O3. The van der Waals surface area contributed by atoms with Crippen LogP contribution in [0.15, 0.2) is 79.6 Å². The van der Waals surface area contributed by atoms with Gasteiger partial charge in [0.15, 0.2) is 11.4 Å². The van der Waals surface area contributed by atoms with Gasteiger partial charge in [0, 0.05) is 41.8 Å². The number of rotatable bonds is 5. The number of nitrogens with zero attached hydrogens (tertiary/aromatic N) is 4. The Balaban J connectivity index is 1.37. The molecule has 0 saturated carbocycles. The number of aromatic nitrogens is 4. The summed E-state index contributed by atoms with van der Waals surface area (Å²) in [5, 5.41) is 2.76. The van der Waals surface area contributed by atoms with Gasteiger partial charge in [0.25, 0.3) is 0 Å². The van der Waals surface area contributed by atoms with Gasteiger partial charge in [0.1, 0.15) is 11.3 Å². The van der Waals surface area contributed by atoms with Gasteiger partial charge in [-0.3, -0.25) is 14.5 Å². The fraction of sp³-hybridized carbons (Fsp3) is 0.212. The van der Waals surface area contributed by atoms with Crippen molar-refractivity contribution in [3.63, 3.8) is 0 Å². The summed E-state index contributed by atoms with van der Waals surface area (Å²) in [6, 6.07) is 15.3. The third-order valence-electron chi connectivity index (χ3n) is 6.35. The molecule has 0 bridgehead atoms. The summed E-state index contributed by atoms with van der Waals surface area (Å²) >= 11 is 0. The summed E-state index contributed by atoms with van der Waals surface area (Å²) in [5.41, 5.74) is 6.42. The van der Waals surface area contributed by atoms with E-state index in [4.69, 9.17) is 4.74 Å². The topological polar surface area (TPSA) is 90.5 Å². The number of carbonyl (C=O) groups is 2. The Bertz CT molecular complexity index is 1820. The van der Waals surface area contributed by atoms with Crippen molar-refractivity contribution in [2.75, 3.05) is 5.32 Å². The number of Topliss-reactive ketones (excluding diaryl/α,β-unsaturated/α-hetero) is 1. The van der Waals surface area contributed by atoms with Gasteiger partial charge in [0.2, 0.25) is 0 Å². The molecule has 3 heterocycles. The van der Waals surface area contributed by atoms with Crippen LogP contribution >= 0.6 is 0 Å². The van der Waals surface area contributed by atoms with E-state index in [2.05, 4.69) is 33.2 Å². The first-order valence-corrected chi connectivity index (χ1v) is 13.3. The summed E-state index contributed by atoms with van der Waals surface area (Å²) in [5.74, 6) is 6.40. The number of ether oxygens (including phenoxy) is 1. The van der Waals surface area contributed by atoms with E-state index < -0.39 is 11.7 Å². The molecule has 0 atom stereocenters. The van der Waals surface area contributed by atoms with E-state index in [1.54, 1.807) is 35.3 Å². The molecule has 0 aliphatic rings. The van der Waals surface area contributed by atoms with Crippen LogP contribution in [0, 0.1) is 25.7 Å². The largest absolute Gasteiger partial charge is 0.444 e. The van der Waals surface area contributed by atoms with E-state index in [1.807, 2.05) is 81.9 Å². The van der Waals surface area contributed by atoms with Crippen LogP contribution in [0.5, 0.6) is 0 Å². The molecule has 1 N–H and O–H groups in total. The molecule has 0 spiro atoms. The number of nitrogens with one attached hydrogen (secondary N) is 1. The number of anilines is 1. The SMILES string of the molecule is Cc1cc(CC(=O)c2ccc(C)c(C#Cc3cnc4c(NC(=O)OC(C)(C)C)cccn34)c2)cc(-n2ccnc2)c1. The van der Waals surface area contributed by atoms with Crippen molar-refractivity contribution >= 4 is 23.2 Å². The van der Waals surface area contributed by atoms with E-state index >= 15 is 0 Å². The highest BCUT2D eigenvalue weighted by molar-refractivity contribution is 5.98. The van der Waals surface area contributed by atoms with Crippen molar-refractivity contribution < 1.29 is 14.3 Å². The average molecular weight is 546 g/mol. The Labute approximate surface area is 239 Å². The molecule has 0 aliphatic heterocycles. The van der Waals surface area contributed by atoms with Crippen LogP contribution in [0.3, 0.4) is 0 Å². The molecule has 3 aromatic heterocycles. The standard InChI is InChI=1S/C33H31N5O3/c1-22-15-24(17-28(16-22)37-14-12-34-21-37)18-30(39)26-9-8-23(2)25(19-26)10-11-27-20-35-31-29(7-6-13-38(27)31)36-32(40)41-33(3,4)5/h6-9,12-17,19-21H,18H2,1-5H3,(H,36,40). The second-order valence-electron chi connectivity index (χ2n) is 10.9. The van der Waals surface area contributed by atoms with E-state index in [-0.39, 0.29) is 12.2 Å². The van der Waals surface area contributed by atoms with Crippen molar-refractivity contribution in [3.8, 4) is 17.5 Å². The number of ketones is 1. The lowest BCUT2D eigenvalue weighted by atomic mass is 9.98. The molecule has 0 fully saturated rings. The predicted molar refractivity (Wildman–Crippen MR) is 159 cm³/mol. The molecule has 2 aromatic carbocycles. The molecule has 0 saturated heterocycles. The smallest absolute Gasteiger partial charge is 0.412 e. The second kappa shape index (κ2) is 11.1. The fourth-order valence-electron chi connectivity index (χ4n) is 4.47. The maximum absolute atomic E-state index is 13.3. The highest BCUT2D eigenvalue weighted by Crippen LogP contribution is 2.20. The minimum Gasteiger partial charge on any atom is -0.444 e. The first-order chi connectivity index (χ1) is 19.6. The van der Waals surface area contributed by atoms with E-state index in [9.17, 15) is 9.59 Å². The monoisotopic (exact) mass is 545 g/mol. The van der Waals surface area contributed by atoms with E-state index in [0.29, 0.717) is 22.6 Å². The summed E-state index contributed by atoms with van der Waals surface area (Å²) in [6.45, 7) is 9.41. The molecule has 5 rings (SSSR count). The summed E-state index contributed by atoms with van der Waals surface area (Å²) in [4.78, 5) is 34.1. The lowest BCUT2D eigenvalue weighted by Crippen LogP contribution is -2.27. The van der Waals surface area contributed by atoms with E-state index in [0.717, 1.165) is 27.9 Å². The van der Waals surface area contributed by atoms with Crippen LogP contribution in [-0.2, 0) is 11.2 Å². The molecule has 41 heavy (non-hydrogen) atoms. The van der Waals surface area contributed by atoms with Crippen molar-refractivity contribution in [1.82, 2.24) is 18.9 Å². The molecule has 1 amide bonds. The van der Waals surface area contributed by atoms with Crippen molar-refractivity contribution in [1.29, 1.82) is 0 Å². The first kappa shape index (κ1) is 27.4. The highest BCUT2D eigenvalue weighted by atomic mass is 16.6. The number of benzene rings is 2. The number of aryl methyl sites for hydroxylation is 2. The van der Waals surface area contributed by atoms with Gasteiger partial charge in [0.05, 0.1) is 18.2 Å². The van der Waals surface area contributed by atoms with Gasteiger partial charge in [-0.2, -0.15) is 0 Å². The maximum atomic E-state index is 13.3. The number of amides is 1. The predicted octanol–water partition coefficient (Wildman–Crippen LogP) is 6.31. The molecule has 0 radical (unpaired) electrons. The zero-order valence-electron chi connectivity index (χ0n) is 23.7. The average Bonchev–Trinajstić information content (AvgIpc) is 3.58. The number of hydrogen-bond donors (Lipinski definition) is 1. The number of carbonyl (C=O) groups excluding carboxylic acids is 2. The van der Waals surface area contributed by atoms with Crippen LogP contribution in [0.25, 0.3) is 11.3 Å². The fourth-order valence-corrected chi connectivity index (χ4v) is 4.47. The number of pyridine rings is 1. The zero-order chi connectivity index (χ0) is 29.1. The molecule has 5 aromatic rings. The summed E-state index contributed by atoms with van der Waals surface area (Å²) in [6.07, 6.45) is 8.57. The van der Waals surface area contributed by atoms with Gasteiger partial charge in [-0.25, -0.2) is 14.8 Å². The maximum Gasteiger partial charge on any atom is 0.412 e. The lowest BCUT2D eigenvalue weighted by Gasteiger charge is -2.19. The minimum absolute atomic E-state index is 0.0166. The molecule has 0 unspecified atom stereocenters. The Kier molecular flexibility index (Phi) is 7.45. The Morgan fingerprint density at radius 3 is 2.61 bits per heavy atom. The third kappa shape index (κ3) is 6.53. The van der Waals surface area contributed by atoms with Gasteiger partial charge >= 0.3 is 6.09 Å². The van der Waals surface area contributed by atoms with Crippen molar-refractivity contribution in [3.05, 3.63) is 113 Å². The van der Waals surface area contributed by atoms with Crippen molar-refractivity contribution in [2.24, 2.45) is 0 Å². The first-order valence-electron chi connectivity index (χ1n) is 13.3. The Morgan fingerprint density at radius 1 is 1.02 bits per heavy atom. The lowest BCUT2D eigenvalue weighted by molar-refractivity contribution is 0.0636. The van der Waals surface area contributed by atoms with Gasteiger partial charge in [-0.15, -0.1) is 0 Å². The number of imidazole rings is 2. The Morgan fingerprint density at radius 2 is 1.85 bits per heavy atom. The van der Waals surface area contributed by atoms with Gasteiger partial charge < -0.3 is 9.30 Å². The zero-order valence-corrected chi connectivity index (χ0v) is 23.7. The highest BCUT2D eigenvalue weighted by Gasteiger charge is 2.18. The minimum atomic E-state index is -0.613. The molecular weight excluding hydrogens is 514 g/mol. The number of fused-ring (bicyclic) bond motifs is 1. The van der Waals surface area contributed by atoms with Crippen LogP contribution < -0.4 is 5.32 Å². The summed E-state index contributed by atoms with van der Waals surface area (Å²) in [7, 11) is 0. The number of hydrogen-bond acceptors (Lipinski definition) is 5. The van der Waals surface area contributed by atoms with Crippen LogP contribution in [0.1, 0.15) is 59.1 Å². The molecule has 8 heteroatoms.